The minimum absolute atomic E-state index is 0.299. The Morgan fingerprint density at radius 2 is 1.95 bits per heavy atom. The molecule has 0 unspecified atom stereocenters. The van der Waals surface area contributed by atoms with E-state index in [9.17, 15) is 4.79 Å². The zero-order valence-corrected chi connectivity index (χ0v) is 12.4. The number of pyridine rings is 2. The van der Waals surface area contributed by atoms with Crippen molar-refractivity contribution in [2.24, 2.45) is 0 Å². The molecule has 110 valence electrons. The summed E-state index contributed by atoms with van der Waals surface area (Å²) in [5, 5.41) is 8.08. The number of anilines is 1. The summed E-state index contributed by atoms with van der Waals surface area (Å²) >= 11 is 1.46. The van der Waals surface area contributed by atoms with Crippen LogP contribution in [-0.4, -0.2) is 21.0 Å². The van der Waals surface area contributed by atoms with Gasteiger partial charge in [0.05, 0.1) is 0 Å². The molecule has 0 fully saturated rings. The first-order valence-electron chi connectivity index (χ1n) is 6.61. The number of hydrogen-bond acceptors (Lipinski definition) is 5. The van der Waals surface area contributed by atoms with Crippen molar-refractivity contribution in [3.8, 4) is 10.6 Å². The molecule has 0 aliphatic carbocycles. The maximum atomic E-state index is 11.8. The summed E-state index contributed by atoms with van der Waals surface area (Å²) in [6.45, 7) is 0.416. The molecular formula is C15H13N5OS. The van der Waals surface area contributed by atoms with Crippen molar-refractivity contribution in [1.29, 1.82) is 0 Å². The molecule has 3 rings (SSSR count). The van der Waals surface area contributed by atoms with E-state index in [1.54, 1.807) is 30.2 Å². The van der Waals surface area contributed by atoms with Gasteiger partial charge in [-0.15, -0.1) is 11.3 Å². The molecule has 0 aliphatic rings. The molecule has 3 aromatic heterocycles. The molecule has 2 N–H and O–H groups in total. The molecule has 3 aromatic rings. The van der Waals surface area contributed by atoms with Gasteiger partial charge >= 0.3 is 6.03 Å². The molecule has 0 spiro atoms. The average Bonchev–Trinajstić information content (AvgIpc) is 3.03. The van der Waals surface area contributed by atoms with Crippen molar-refractivity contribution in [2.45, 2.75) is 6.54 Å². The van der Waals surface area contributed by atoms with Gasteiger partial charge in [-0.1, -0.05) is 6.07 Å². The molecule has 2 amide bonds. The van der Waals surface area contributed by atoms with Gasteiger partial charge in [0.25, 0.3) is 0 Å². The van der Waals surface area contributed by atoms with Gasteiger partial charge < -0.3 is 5.32 Å². The van der Waals surface area contributed by atoms with Crippen LogP contribution in [0.15, 0.2) is 54.4 Å². The lowest BCUT2D eigenvalue weighted by Gasteiger charge is -2.05. The first-order chi connectivity index (χ1) is 10.8. The molecule has 0 bridgehead atoms. The van der Waals surface area contributed by atoms with E-state index in [1.807, 2.05) is 24.3 Å². The number of rotatable bonds is 4. The summed E-state index contributed by atoms with van der Waals surface area (Å²) in [5.41, 5.74) is 1.86. The van der Waals surface area contributed by atoms with Crippen LogP contribution in [-0.2, 0) is 6.54 Å². The van der Waals surface area contributed by atoms with E-state index < -0.39 is 0 Å². The zero-order chi connectivity index (χ0) is 15.2. The Morgan fingerprint density at radius 1 is 1.14 bits per heavy atom. The monoisotopic (exact) mass is 311 g/mol. The van der Waals surface area contributed by atoms with Gasteiger partial charge in [-0.05, 0) is 23.8 Å². The molecular weight excluding hydrogens is 298 g/mol. The fourth-order valence-electron chi connectivity index (χ4n) is 1.80. The summed E-state index contributed by atoms with van der Waals surface area (Å²) in [6, 6.07) is 7.21. The van der Waals surface area contributed by atoms with E-state index in [1.165, 1.54) is 11.3 Å². The van der Waals surface area contributed by atoms with Crippen LogP contribution in [0.1, 0.15) is 5.56 Å². The van der Waals surface area contributed by atoms with Crippen LogP contribution in [0.2, 0.25) is 0 Å². The van der Waals surface area contributed by atoms with Crippen molar-refractivity contribution in [3.63, 3.8) is 0 Å². The molecule has 0 saturated carbocycles. The maximum absolute atomic E-state index is 11.8. The van der Waals surface area contributed by atoms with Gasteiger partial charge in [0.2, 0.25) is 0 Å². The van der Waals surface area contributed by atoms with Crippen molar-refractivity contribution in [1.82, 2.24) is 20.3 Å². The van der Waals surface area contributed by atoms with Crippen LogP contribution in [0.4, 0.5) is 10.6 Å². The number of hydrogen-bond donors (Lipinski definition) is 2. The van der Waals surface area contributed by atoms with Crippen LogP contribution in [0.3, 0.4) is 0 Å². The van der Waals surface area contributed by atoms with Crippen LogP contribution in [0.25, 0.3) is 10.6 Å². The second kappa shape index (κ2) is 6.77. The predicted molar refractivity (Wildman–Crippen MR) is 85.4 cm³/mol. The van der Waals surface area contributed by atoms with Crippen LogP contribution in [0, 0.1) is 0 Å². The van der Waals surface area contributed by atoms with E-state index in [2.05, 4.69) is 25.6 Å². The number of carbonyl (C=O) groups is 1. The van der Waals surface area contributed by atoms with E-state index in [0.717, 1.165) is 16.1 Å². The Kier molecular flexibility index (Phi) is 4.35. The summed E-state index contributed by atoms with van der Waals surface area (Å²) in [4.78, 5) is 24.3. The lowest BCUT2D eigenvalue weighted by Crippen LogP contribution is -2.28. The van der Waals surface area contributed by atoms with Crippen LogP contribution in [0.5, 0.6) is 0 Å². The average molecular weight is 311 g/mol. The molecule has 0 radical (unpaired) electrons. The Morgan fingerprint density at radius 3 is 2.68 bits per heavy atom. The second-order valence-electron chi connectivity index (χ2n) is 4.45. The van der Waals surface area contributed by atoms with Crippen molar-refractivity contribution < 1.29 is 4.79 Å². The zero-order valence-electron chi connectivity index (χ0n) is 11.6. The Hall–Kier alpha value is -2.80. The van der Waals surface area contributed by atoms with Gasteiger partial charge in [-0.25, -0.2) is 9.78 Å². The number of urea groups is 1. The quantitative estimate of drug-likeness (QED) is 0.776. The first-order valence-corrected chi connectivity index (χ1v) is 7.49. The highest BCUT2D eigenvalue weighted by Crippen LogP contribution is 2.24. The third-order valence-corrected chi connectivity index (χ3v) is 3.72. The topological polar surface area (TPSA) is 79.8 Å². The molecule has 7 heteroatoms. The molecule has 0 atom stereocenters. The smallest absolute Gasteiger partial charge is 0.320 e. The van der Waals surface area contributed by atoms with Crippen molar-refractivity contribution in [3.05, 3.63) is 60.0 Å². The number of aromatic nitrogens is 3. The van der Waals surface area contributed by atoms with Gasteiger partial charge in [0, 0.05) is 42.3 Å². The van der Waals surface area contributed by atoms with Crippen molar-refractivity contribution in [2.75, 3.05) is 5.32 Å². The summed E-state index contributed by atoms with van der Waals surface area (Å²) < 4.78 is 0. The SMILES string of the molecule is O=C(NCc1cccnc1)Nc1csc(-c2cccnc2)n1. The lowest BCUT2D eigenvalue weighted by molar-refractivity contribution is 0.251. The van der Waals surface area contributed by atoms with E-state index in [0.29, 0.717) is 12.4 Å². The van der Waals surface area contributed by atoms with Crippen molar-refractivity contribution >= 4 is 23.2 Å². The second-order valence-corrected chi connectivity index (χ2v) is 5.31. The summed E-state index contributed by atoms with van der Waals surface area (Å²) in [6.07, 6.45) is 6.86. The summed E-state index contributed by atoms with van der Waals surface area (Å²) in [5.74, 6) is 0.521. The highest BCUT2D eigenvalue weighted by molar-refractivity contribution is 7.13. The van der Waals surface area contributed by atoms with Crippen LogP contribution < -0.4 is 10.6 Å². The number of carbonyl (C=O) groups excluding carboxylic acids is 1. The Bertz CT molecular complexity index is 745. The van der Waals surface area contributed by atoms with Gasteiger partial charge in [0.15, 0.2) is 0 Å². The lowest BCUT2D eigenvalue weighted by atomic mass is 10.3. The first kappa shape index (κ1) is 14.2. The normalized spacial score (nSPS) is 10.2. The third-order valence-electron chi connectivity index (χ3n) is 2.83. The fourth-order valence-corrected chi connectivity index (χ4v) is 2.54. The van der Waals surface area contributed by atoms with Gasteiger partial charge in [-0.2, -0.15) is 0 Å². The molecule has 22 heavy (non-hydrogen) atoms. The maximum Gasteiger partial charge on any atom is 0.320 e. The van der Waals surface area contributed by atoms with E-state index >= 15 is 0 Å². The number of nitrogens with one attached hydrogen (secondary N) is 2. The van der Waals surface area contributed by atoms with Gasteiger partial charge in [-0.3, -0.25) is 15.3 Å². The molecule has 0 aliphatic heterocycles. The molecule has 6 nitrogen and oxygen atoms in total. The summed E-state index contributed by atoms with van der Waals surface area (Å²) in [7, 11) is 0. The number of amides is 2. The number of nitrogens with zero attached hydrogens (tertiary/aromatic N) is 3. The predicted octanol–water partition coefficient (Wildman–Crippen LogP) is 2.92. The minimum Gasteiger partial charge on any atom is -0.334 e. The molecule has 0 saturated heterocycles. The standard InChI is InChI=1S/C15H13N5OS/c21-15(18-8-11-3-1-5-16-7-11)20-13-10-22-14(19-13)12-4-2-6-17-9-12/h1-7,9-10H,8H2,(H2,18,20,21). The largest absolute Gasteiger partial charge is 0.334 e. The van der Waals surface area contributed by atoms with Gasteiger partial charge in [0.1, 0.15) is 10.8 Å². The molecule has 3 heterocycles. The third kappa shape index (κ3) is 3.64. The minimum atomic E-state index is -0.299. The highest BCUT2D eigenvalue weighted by Gasteiger charge is 2.07. The number of thiazole rings is 1. The highest BCUT2D eigenvalue weighted by atomic mass is 32.1. The molecule has 0 aromatic carbocycles. The van der Waals surface area contributed by atoms with Crippen LogP contribution >= 0.6 is 11.3 Å². The Labute approximate surface area is 131 Å². The Balaban J connectivity index is 1.57. The van der Waals surface area contributed by atoms with E-state index in [4.69, 9.17) is 0 Å². The van der Waals surface area contributed by atoms with E-state index in [-0.39, 0.29) is 6.03 Å². The fraction of sp³-hybridized carbons (Fsp3) is 0.0667.